The van der Waals surface area contributed by atoms with Gasteiger partial charge in [-0.3, -0.25) is 4.90 Å². The minimum atomic E-state index is -3.66. The van der Waals surface area contributed by atoms with Crippen LogP contribution in [-0.2, 0) is 30.7 Å². The summed E-state index contributed by atoms with van der Waals surface area (Å²) in [6.07, 6.45) is 2.45. The molecule has 0 saturated carbocycles. The molecule has 0 aliphatic carbocycles. The van der Waals surface area contributed by atoms with E-state index in [1.54, 1.807) is 39.8 Å². The Morgan fingerprint density at radius 2 is 1.77 bits per heavy atom. The quantitative estimate of drug-likeness (QED) is 0.296. The first kappa shape index (κ1) is 35.2. The molecular formula is C34H42ClN5O7S. The van der Waals surface area contributed by atoms with Gasteiger partial charge < -0.3 is 24.8 Å². The van der Waals surface area contributed by atoms with Crippen LogP contribution in [0.2, 0.25) is 5.02 Å². The number of ether oxygens (including phenoxy) is 3. The Balaban J connectivity index is 1.34. The van der Waals surface area contributed by atoms with Gasteiger partial charge in [0.05, 0.1) is 11.5 Å². The van der Waals surface area contributed by atoms with Crippen molar-refractivity contribution in [3.05, 3.63) is 59.1 Å². The number of anilines is 2. The van der Waals surface area contributed by atoms with Crippen molar-refractivity contribution in [2.75, 3.05) is 43.1 Å². The molecule has 48 heavy (non-hydrogen) atoms. The Morgan fingerprint density at radius 1 is 1.08 bits per heavy atom. The fraction of sp³-hybridized carbons (Fsp3) is 0.471. The highest BCUT2D eigenvalue weighted by atomic mass is 35.5. The molecule has 0 unspecified atom stereocenters. The molecule has 3 heterocycles. The lowest BCUT2D eigenvalue weighted by molar-refractivity contribution is -0.148. The Hall–Kier alpha value is -4.10. The number of nitrogens with two attached hydrogens (primary N) is 1. The molecule has 1 amide bonds. The number of piperidine rings is 1. The number of carbonyl (C=O) groups excluding carboxylic acids is 2. The Labute approximate surface area is 286 Å². The van der Waals surface area contributed by atoms with Crippen LogP contribution in [0, 0.1) is 5.41 Å². The number of esters is 1. The Kier molecular flexibility index (Phi) is 10.1. The zero-order valence-corrected chi connectivity index (χ0v) is 29.4. The van der Waals surface area contributed by atoms with Gasteiger partial charge in [-0.25, -0.2) is 18.0 Å². The number of carbonyl (C=O) groups is 2. The van der Waals surface area contributed by atoms with Crippen LogP contribution < -0.4 is 15.4 Å². The summed E-state index contributed by atoms with van der Waals surface area (Å²) in [6.45, 7) is 8.78. The number of benzene rings is 2. The van der Waals surface area contributed by atoms with Crippen LogP contribution in [0.5, 0.6) is 5.88 Å². The van der Waals surface area contributed by atoms with Crippen LogP contribution in [0.1, 0.15) is 52.5 Å². The molecular weight excluding hydrogens is 658 g/mol. The molecule has 2 saturated heterocycles. The molecule has 1 aromatic heterocycles. The molecule has 2 aromatic carbocycles. The predicted octanol–water partition coefficient (Wildman–Crippen LogP) is 5.52. The van der Waals surface area contributed by atoms with Crippen molar-refractivity contribution >= 4 is 45.3 Å². The largest absolute Gasteiger partial charge is 0.473 e. The lowest BCUT2D eigenvalue weighted by Crippen LogP contribution is -2.45. The van der Waals surface area contributed by atoms with Crippen molar-refractivity contribution in [2.45, 2.75) is 70.1 Å². The van der Waals surface area contributed by atoms with Crippen molar-refractivity contribution in [1.82, 2.24) is 14.9 Å². The number of nitrogen functional groups attached to an aromatic ring is 1. The van der Waals surface area contributed by atoms with Gasteiger partial charge in [0.2, 0.25) is 11.8 Å². The van der Waals surface area contributed by atoms with Gasteiger partial charge in [-0.05, 0) is 75.6 Å². The van der Waals surface area contributed by atoms with Crippen molar-refractivity contribution in [1.29, 1.82) is 0 Å². The molecule has 258 valence electrons. The third-order valence-corrected chi connectivity index (χ3v) is 9.95. The standard InChI is InChI=1S/C34H42ClN5O7S/c1-6-45-30(41)26-19-34(21-40(26)32(42)47-33(2,3)4)12-14-39(15-13-34)28-18-29(38-31(36)37-28)46-20-25-24(22-10-8-7-9-11-22)16-23(35)17-27(25)48(5,43)44/h7-11,16-18,26H,6,12-15,19-21H2,1-5H3,(H2,36,37,38)/t26-/m0/s1. The van der Waals surface area contributed by atoms with E-state index < -0.39 is 33.5 Å². The number of rotatable bonds is 8. The first-order valence-electron chi connectivity index (χ1n) is 15.8. The number of likely N-dealkylation sites (tertiary alicyclic amines) is 1. The summed E-state index contributed by atoms with van der Waals surface area (Å²) >= 11 is 6.36. The van der Waals surface area contributed by atoms with E-state index in [2.05, 4.69) is 14.9 Å². The van der Waals surface area contributed by atoms with Gasteiger partial charge in [0.15, 0.2) is 9.84 Å². The first-order chi connectivity index (χ1) is 22.6. The molecule has 0 radical (unpaired) electrons. The smallest absolute Gasteiger partial charge is 0.411 e. The molecule has 5 rings (SSSR count). The van der Waals surface area contributed by atoms with Gasteiger partial charge in [0, 0.05) is 42.5 Å². The Morgan fingerprint density at radius 3 is 2.40 bits per heavy atom. The van der Waals surface area contributed by atoms with Gasteiger partial charge in [0.25, 0.3) is 0 Å². The van der Waals surface area contributed by atoms with E-state index in [-0.39, 0.29) is 35.4 Å². The van der Waals surface area contributed by atoms with Gasteiger partial charge >= 0.3 is 12.1 Å². The molecule has 2 fully saturated rings. The average Bonchev–Trinajstić information content (AvgIpc) is 3.39. The molecule has 2 aliphatic rings. The van der Waals surface area contributed by atoms with E-state index in [0.29, 0.717) is 60.9 Å². The molecule has 1 spiro atoms. The minimum absolute atomic E-state index is 0.00449. The number of aromatic nitrogens is 2. The molecule has 1 atom stereocenters. The summed E-state index contributed by atoms with van der Waals surface area (Å²) in [5, 5.41) is 0.291. The lowest BCUT2D eigenvalue weighted by atomic mass is 9.76. The van der Waals surface area contributed by atoms with E-state index >= 15 is 0 Å². The maximum absolute atomic E-state index is 13.1. The van der Waals surface area contributed by atoms with Crippen LogP contribution in [0.15, 0.2) is 53.4 Å². The predicted molar refractivity (Wildman–Crippen MR) is 183 cm³/mol. The van der Waals surface area contributed by atoms with E-state index in [4.69, 9.17) is 31.5 Å². The van der Waals surface area contributed by atoms with Crippen LogP contribution in [0.3, 0.4) is 0 Å². The molecule has 12 nitrogen and oxygen atoms in total. The third-order valence-electron chi connectivity index (χ3n) is 8.57. The molecule has 2 N–H and O–H groups in total. The van der Waals surface area contributed by atoms with Crippen molar-refractivity contribution < 1.29 is 32.2 Å². The van der Waals surface area contributed by atoms with Crippen molar-refractivity contribution in [2.24, 2.45) is 5.41 Å². The summed E-state index contributed by atoms with van der Waals surface area (Å²) in [5.41, 5.74) is 6.98. The maximum atomic E-state index is 13.1. The third kappa shape index (κ3) is 8.12. The molecule has 0 bridgehead atoms. The number of amides is 1. The zero-order chi connectivity index (χ0) is 34.9. The zero-order valence-electron chi connectivity index (χ0n) is 27.9. The highest BCUT2D eigenvalue weighted by molar-refractivity contribution is 7.90. The van der Waals surface area contributed by atoms with Crippen LogP contribution in [-0.4, -0.2) is 79.5 Å². The van der Waals surface area contributed by atoms with Crippen LogP contribution >= 0.6 is 11.6 Å². The number of sulfone groups is 1. The SMILES string of the molecule is CCOC(=O)[C@@H]1CC2(CCN(c3cc(OCc4c(-c5ccccc5)cc(Cl)cc4S(C)(=O)=O)nc(N)n3)CC2)CN1C(=O)OC(C)(C)C. The van der Waals surface area contributed by atoms with Crippen molar-refractivity contribution in [3.63, 3.8) is 0 Å². The summed E-state index contributed by atoms with van der Waals surface area (Å²) in [6, 6.07) is 13.4. The van der Waals surface area contributed by atoms with Gasteiger partial charge in [-0.15, -0.1) is 0 Å². The number of hydrogen-bond acceptors (Lipinski definition) is 11. The maximum Gasteiger partial charge on any atom is 0.411 e. The van der Waals surface area contributed by atoms with Gasteiger partial charge in [-0.2, -0.15) is 9.97 Å². The van der Waals surface area contributed by atoms with Gasteiger partial charge in [-0.1, -0.05) is 41.9 Å². The second-order valence-corrected chi connectivity index (χ2v) is 15.8. The summed E-state index contributed by atoms with van der Waals surface area (Å²) in [5.74, 6) is 0.317. The highest BCUT2D eigenvalue weighted by Crippen LogP contribution is 2.45. The second kappa shape index (κ2) is 13.8. The van der Waals surface area contributed by atoms with E-state index in [1.165, 1.54) is 11.0 Å². The second-order valence-electron chi connectivity index (χ2n) is 13.3. The number of hydrogen-bond donors (Lipinski definition) is 1. The number of halogens is 1. The summed E-state index contributed by atoms with van der Waals surface area (Å²) < 4.78 is 42.7. The van der Waals surface area contributed by atoms with Crippen LogP contribution in [0.4, 0.5) is 16.6 Å². The van der Waals surface area contributed by atoms with E-state index in [9.17, 15) is 18.0 Å². The topological polar surface area (TPSA) is 154 Å². The lowest BCUT2D eigenvalue weighted by Gasteiger charge is -2.39. The number of nitrogens with zero attached hydrogens (tertiary/aromatic N) is 4. The molecule has 14 heteroatoms. The van der Waals surface area contributed by atoms with Gasteiger partial charge in [0.1, 0.15) is 24.1 Å². The van der Waals surface area contributed by atoms with Crippen LogP contribution in [0.25, 0.3) is 11.1 Å². The fourth-order valence-electron chi connectivity index (χ4n) is 6.37. The molecule has 2 aliphatic heterocycles. The summed E-state index contributed by atoms with van der Waals surface area (Å²) in [4.78, 5) is 38.4. The first-order valence-corrected chi connectivity index (χ1v) is 18.1. The van der Waals surface area contributed by atoms with E-state index in [0.717, 1.165) is 11.8 Å². The average molecular weight is 700 g/mol. The summed E-state index contributed by atoms with van der Waals surface area (Å²) in [7, 11) is -3.66. The normalized spacial score (nSPS) is 17.8. The monoisotopic (exact) mass is 699 g/mol. The highest BCUT2D eigenvalue weighted by Gasteiger charge is 2.51. The Bertz CT molecular complexity index is 1770. The minimum Gasteiger partial charge on any atom is -0.473 e. The molecule has 3 aromatic rings. The van der Waals surface area contributed by atoms with E-state index in [1.807, 2.05) is 30.3 Å². The fourth-order valence-corrected chi connectivity index (χ4v) is 7.61. The van der Waals surface area contributed by atoms with Crippen molar-refractivity contribution in [3.8, 4) is 17.0 Å².